The van der Waals surface area contributed by atoms with E-state index in [1.165, 1.54) is 29.7 Å². The quantitative estimate of drug-likeness (QED) is 0.816. The molecular formula is C16H16IN3. The monoisotopic (exact) mass is 377 g/mol. The summed E-state index contributed by atoms with van der Waals surface area (Å²) in [7, 11) is 0. The van der Waals surface area contributed by atoms with Gasteiger partial charge in [-0.15, -0.1) is 0 Å². The molecule has 2 aromatic rings. The zero-order chi connectivity index (χ0) is 13.7. The fourth-order valence-electron chi connectivity index (χ4n) is 3.05. The summed E-state index contributed by atoms with van der Waals surface area (Å²) in [5.74, 6) is 2.62. The van der Waals surface area contributed by atoms with E-state index in [0.717, 1.165) is 22.2 Å². The lowest BCUT2D eigenvalue weighted by Crippen LogP contribution is -2.11. The number of benzene rings is 1. The number of fused-ring (bicyclic) bond motifs is 1. The molecule has 0 atom stereocenters. The predicted molar refractivity (Wildman–Crippen MR) is 87.7 cm³/mol. The third-order valence-corrected chi connectivity index (χ3v) is 5.41. The Labute approximate surface area is 132 Å². The Balaban J connectivity index is 1.70. The Morgan fingerprint density at radius 2 is 1.65 bits per heavy atom. The predicted octanol–water partition coefficient (Wildman–Crippen LogP) is 3.42. The summed E-state index contributed by atoms with van der Waals surface area (Å²) < 4.78 is 1.06. The number of nitrogen functional groups attached to an aromatic ring is 1. The van der Waals surface area contributed by atoms with Gasteiger partial charge >= 0.3 is 0 Å². The maximum absolute atomic E-state index is 6.10. The van der Waals surface area contributed by atoms with Gasteiger partial charge in [0.05, 0.1) is 9.26 Å². The lowest BCUT2D eigenvalue weighted by Gasteiger charge is -2.12. The van der Waals surface area contributed by atoms with Gasteiger partial charge in [-0.25, -0.2) is 9.97 Å². The molecule has 0 saturated heterocycles. The average molecular weight is 377 g/mol. The number of halogens is 1. The van der Waals surface area contributed by atoms with E-state index in [-0.39, 0.29) is 0 Å². The van der Waals surface area contributed by atoms with Crippen LogP contribution in [0.5, 0.6) is 0 Å². The second-order valence-electron chi connectivity index (χ2n) is 5.81. The van der Waals surface area contributed by atoms with Crippen molar-refractivity contribution >= 4 is 28.4 Å². The van der Waals surface area contributed by atoms with Crippen LogP contribution in [-0.4, -0.2) is 9.97 Å². The van der Waals surface area contributed by atoms with Crippen LogP contribution in [0.25, 0.3) is 0 Å². The molecule has 0 spiro atoms. The van der Waals surface area contributed by atoms with Crippen LogP contribution in [0.4, 0.5) is 5.82 Å². The van der Waals surface area contributed by atoms with Crippen molar-refractivity contribution in [3.8, 4) is 0 Å². The molecule has 20 heavy (non-hydrogen) atoms. The van der Waals surface area contributed by atoms with Crippen molar-refractivity contribution in [2.45, 2.75) is 37.5 Å². The first-order valence-electron chi connectivity index (χ1n) is 7.12. The van der Waals surface area contributed by atoms with E-state index in [4.69, 9.17) is 10.7 Å². The second-order valence-corrected chi connectivity index (χ2v) is 6.89. The lowest BCUT2D eigenvalue weighted by molar-refractivity contribution is 0.674. The number of nitrogens with zero attached hydrogens (tertiary/aromatic N) is 2. The number of hydrogen-bond acceptors (Lipinski definition) is 3. The molecule has 102 valence electrons. The van der Waals surface area contributed by atoms with Gasteiger partial charge in [-0.2, -0.15) is 0 Å². The van der Waals surface area contributed by atoms with Crippen molar-refractivity contribution < 1.29 is 0 Å². The molecule has 2 N–H and O–H groups in total. The Hall–Kier alpha value is -1.17. The summed E-state index contributed by atoms with van der Waals surface area (Å²) >= 11 is 2.29. The minimum atomic E-state index is 0.393. The first-order valence-corrected chi connectivity index (χ1v) is 8.20. The van der Waals surface area contributed by atoms with Crippen molar-refractivity contribution in [3.05, 3.63) is 50.5 Å². The second kappa shape index (κ2) is 4.69. The van der Waals surface area contributed by atoms with Crippen molar-refractivity contribution in [1.82, 2.24) is 9.97 Å². The van der Waals surface area contributed by atoms with E-state index < -0.39 is 0 Å². The largest absolute Gasteiger partial charge is 0.383 e. The fraction of sp³-hybridized carbons (Fsp3) is 0.375. The highest BCUT2D eigenvalue weighted by Gasteiger charge is 2.31. The first kappa shape index (κ1) is 12.6. The normalized spacial score (nSPS) is 18.2. The summed E-state index contributed by atoms with van der Waals surface area (Å²) in [6.45, 7) is 0. The van der Waals surface area contributed by atoms with Crippen molar-refractivity contribution in [1.29, 1.82) is 0 Å². The minimum absolute atomic E-state index is 0.393. The standard InChI is InChI=1S/C16H16IN3/c17-13-14(9-5-6-9)19-16(20-15(13)18)12-7-10-3-1-2-4-11(10)8-12/h1-4,9,12H,5-8H2,(H2,18,19,20). The van der Waals surface area contributed by atoms with E-state index in [1.807, 2.05) is 0 Å². The summed E-state index contributed by atoms with van der Waals surface area (Å²) in [5.41, 5.74) is 10.2. The number of anilines is 1. The lowest BCUT2D eigenvalue weighted by atomic mass is 10.1. The zero-order valence-corrected chi connectivity index (χ0v) is 13.3. The third kappa shape index (κ3) is 2.10. The molecule has 1 aromatic carbocycles. The van der Waals surface area contributed by atoms with E-state index >= 15 is 0 Å². The van der Waals surface area contributed by atoms with Gasteiger partial charge < -0.3 is 5.73 Å². The molecule has 3 nitrogen and oxygen atoms in total. The van der Waals surface area contributed by atoms with Crippen LogP contribution < -0.4 is 5.73 Å². The number of hydrogen-bond donors (Lipinski definition) is 1. The molecule has 2 aliphatic rings. The minimum Gasteiger partial charge on any atom is -0.383 e. The van der Waals surface area contributed by atoms with Crippen LogP contribution in [0.3, 0.4) is 0 Å². The highest BCUT2D eigenvalue weighted by atomic mass is 127. The number of nitrogens with two attached hydrogens (primary N) is 1. The van der Waals surface area contributed by atoms with E-state index in [2.05, 4.69) is 51.8 Å². The van der Waals surface area contributed by atoms with Crippen LogP contribution in [0.15, 0.2) is 24.3 Å². The summed E-state index contributed by atoms with van der Waals surface area (Å²) in [5, 5.41) is 0. The van der Waals surface area contributed by atoms with Crippen molar-refractivity contribution in [2.24, 2.45) is 0 Å². The molecule has 1 saturated carbocycles. The molecule has 4 heteroatoms. The molecule has 0 radical (unpaired) electrons. The molecule has 1 aromatic heterocycles. The van der Waals surface area contributed by atoms with Crippen molar-refractivity contribution in [2.75, 3.05) is 5.73 Å². The molecule has 0 unspecified atom stereocenters. The first-order chi connectivity index (χ1) is 9.72. The Morgan fingerprint density at radius 1 is 1.00 bits per heavy atom. The summed E-state index contributed by atoms with van der Waals surface area (Å²) in [6, 6.07) is 8.65. The Morgan fingerprint density at radius 3 is 2.25 bits per heavy atom. The third-order valence-electron chi connectivity index (χ3n) is 4.30. The molecule has 0 aliphatic heterocycles. The molecule has 1 heterocycles. The fourth-order valence-corrected chi connectivity index (χ4v) is 3.73. The van der Waals surface area contributed by atoms with Gasteiger partial charge in [0.2, 0.25) is 0 Å². The molecule has 0 bridgehead atoms. The highest BCUT2D eigenvalue weighted by molar-refractivity contribution is 14.1. The van der Waals surface area contributed by atoms with Crippen molar-refractivity contribution in [3.63, 3.8) is 0 Å². The maximum atomic E-state index is 6.10. The van der Waals surface area contributed by atoms with Crippen LogP contribution in [0.2, 0.25) is 0 Å². The van der Waals surface area contributed by atoms with Gasteiger partial charge in [0.25, 0.3) is 0 Å². The summed E-state index contributed by atoms with van der Waals surface area (Å²) in [6.07, 6.45) is 4.58. The smallest absolute Gasteiger partial charge is 0.140 e. The van der Waals surface area contributed by atoms with Gasteiger partial charge in [0, 0.05) is 11.8 Å². The SMILES string of the molecule is Nc1nc(C2Cc3ccccc3C2)nc(C2CC2)c1I. The van der Waals surface area contributed by atoms with Gasteiger partial charge in [0.15, 0.2) is 0 Å². The highest BCUT2D eigenvalue weighted by Crippen LogP contribution is 2.43. The van der Waals surface area contributed by atoms with Crippen LogP contribution in [-0.2, 0) is 12.8 Å². The van der Waals surface area contributed by atoms with Crippen LogP contribution in [0, 0.1) is 3.57 Å². The van der Waals surface area contributed by atoms with Crippen LogP contribution >= 0.6 is 22.6 Å². The molecule has 4 rings (SSSR count). The van der Waals surface area contributed by atoms with Gasteiger partial charge in [-0.1, -0.05) is 24.3 Å². The van der Waals surface area contributed by atoms with E-state index in [9.17, 15) is 0 Å². The molecule has 0 amide bonds. The van der Waals surface area contributed by atoms with Gasteiger partial charge in [-0.3, -0.25) is 0 Å². The summed E-state index contributed by atoms with van der Waals surface area (Å²) in [4.78, 5) is 9.43. The van der Waals surface area contributed by atoms with Gasteiger partial charge in [0.1, 0.15) is 11.6 Å². The number of rotatable bonds is 2. The Bertz CT molecular complexity index is 654. The topological polar surface area (TPSA) is 51.8 Å². The van der Waals surface area contributed by atoms with Crippen LogP contribution in [0.1, 0.15) is 47.3 Å². The average Bonchev–Trinajstić information content (AvgIpc) is 3.19. The molecular weight excluding hydrogens is 361 g/mol. The van der Waals surface area contributed by atoms with Gasteiger partial charge in [-0.05, 0) is 59.4 Å². The molecule has 2 aliphatic carbocycles. The van der Waals surface area contributed by atoms with E-state index in [0.29, 0.717) is 17.7 Å². The van der Waals surface area contributed by atoms with E-state index in [1.54, 1.807) is 0 Å². The molecule has 1 fully saturated rings. The number of aromatic nitrogens is 2. The zero-order valence-electron chi connectivity index (χ0n) is 11.1. The maximum Gasteiger partial charge on any atom is 0.140 e. The Kier molecular flexibility index (Phi) is 2.94.